The highest BCUT2D eigenvalue weighted by atomic mass is 16.5. The van der Waals surface area contributed by atoms with Crippen molar-refractivity contribution in [2.75, 3.05) is 29.6 Å². The molecule has 0 unspecified atom stereocenters. The monoisotopic (exact) mass is 377 g/mol. The molecule has 0 aliphatic rings. The first-order valence-corrected chi connectivity index (χ1v) is 8.96. The van der Waals surface area contributed by atoms with Crippen molar-refractivity contribution in [1.82, 2.24) is 9.97 Å². The number of nitrogens with one attached hydrogen (secondary N) is 3. The molecule has 0 bridgehead atoms. The number of benzene rings is 2. The van der Waals surface area contributed by atoms with Gasteiger partial charge in [0.25, 0.3) is 0 Å². The van der Waals surface area contributed by atoms with Gasteiger partial charge < -0.3 is 20.7 Å². The zero-order valence-corrected chi connectivity index (χ0v) is 15.9. The van der Waals surface area contributed by atoms with Crippen molar-refractivity contribution in [1.29, 1.82) is 0 Å². The third-order valence-electron chi connectivity index (χ3n) is 4.02. The van der Waals surface area contributed by atoms with Gasteiger partial charge in [-0.05, 0) is 48.4 Å². The molecule has 1 aromatic heterocycles. The van der Waals surface area contributed by atoms with Crippen LogP contribution in [0.3, 0.4) is 0 Å². The minimum absolute atomic E-state index is 0.0955. The number of aromatic nitrogens is 2. The van der Waals surface area contributed by atoms with Crippen molar-refractivity contribution >= 4 is 28.9 Å². The maximum Gasteiger partial charge on any atom is 0.221 e. The van der Waals surface area contributed by atoms with Crippen LogP contribution in [-0.4, -0.2) is 29.5 Å². The average molecular weight is 377 g/mol. The van der Waals surface area contributed by atoms with E-state index in [1.807, 2.05) is 42.5 Å². The Labute approximate surface area is 164 Å². The number of rotatable bonds is 8. The van der Waals surface area contributed by atoms with Crippen LogP contribution in [0.5, 0.6) is 5.75 Å². The van der Waals surface area contributed by atoms with Crippen molar-refractivity contribution < 1.29 is 9.53 Å². The van der Waals surface area contributed by atoms with Gasteiger partial charge in [-0.3, -0.25) is 4.79 Å². The zero-order chi connectivity index (χ0) is 19.8. The molecule has 7 nitrogen and oxygen atoms in total. The third kappa shape index (κ3) is 5.70. The second kappa shape index (κ2) is 9.36. The van der Waals surface area contributed by atoms with E-state index in [1.165, 1.54) is 18.8 Å². The number of nitrogens with zero attached hydrogens (tertiary/aromatic N) is 2. The van der Waals surface area contributed by atoms with Crippen LogP contribution in [0.2, 0.25) is 0 Å². The average Bonchev–Trinajstić information content (AvgIpc) is 2.70. The summed E-state index contributed by atoms with van der Waals surface area (Å²) in [6, 6.07) is 17.3. The Morgan fingerprint density at radius 1 is 0.964 bits per heavy atom. The molecule has 28 heavy (non-hydrogen) atoms. The maximum absolute atomic E-state index is 11.1. The summed E-state index contributed by atoms with van der Waals surface area (Å²) in [6.45, 7) is 2.24. The smallest absolute Gasteiger partial charge is 0.221 e. The van der Waals surface area contributed by atoms with Gasteiger partial charge in [0.1, 0.15) is 23.7 Å². The highest BCUT2D eigenvalue weighted by Crippen LogP contribution is 2.19. The Balaban J connectivity index is 1.53. The van der Waals surface area contributed by atoms with Crippen LogP contribution in [0.4, 0.5) is 23.0 Å². The van der Waals surface area contributed by atoms with E-state index in [-0.39, 0.29) is 5.91 Å². The molecule has 0 saturated heterocycles. The number of hydrogen-bond donors (Lipinski definition) is 3. The highest BCUT2D eigenvalue weighted by Gasteiger charge is 2.02. The van der Waals surface area contributed by atoms with Crippen LogP contribution >= 0.6 is 0 Å². The fourth-order valence-corrected chi connectivity index (χ4v) is 2.64. The molecule has 7 heteroatoms. The minimum atomic E-state index is -0.0955. The number of carbonyl (C=O) groups excluding carboxylic acids is 1. The Kier molecular flexibility index (Phi) is 6.41. The summed E-state index contributed by atoms with van der Waals surface area (Å²) in [5.74, 6) is 2.20. The first kappa shape index (κ1) is 19.2. The van der Waals surface area contributed by atoms with E-state index in [9.17, 15) is 4.79 Å². The first-order valence-electron chi connectivity index (χ1n) is 8.96. The molecule has 144 valence electrons. The van der Waals surface area contributed by atoms with Gasteiger partial charge in [0.05, 0.1) is 7.11 Å². The molecule has 3 rings (SSSR count). The van der Waals surface area contributed by atoms with Crippen LogP contribution in [-0.2, 0) is 11.2 Å². The summed E-state index contributed by atoms with van der Waals surface area (Å²) in [7, 11) is 1.66. The van der Waals surface area contributed by atoms with Crippen molar-refractivity contribution in [2.24, 2.45) is 0 Å². The van der Waals surface area contributed by atoms with Crippen LogP contribution in [0.1, 0.15) is 12.5 Å². The second-order valence-corrected chi connectivity index (χ2v) is 6.20. The van der Waals surface area contributed by atoms with Gasteiger partial charge >= 0.3 is 0 Å². The van der Waals surface area contributed by atoms with Crippen molar-refractivity contribution in [3.05, 3.63) is 66.5 Å². The Bertz CT molecular complexity index is 911. The SMILES string of the molecule is COc1ccc(CCNc2cc(Nc3ccc(NC(C)=O)cc3)ncn2)cc1. The van der Waals surface area contributed by atoms with Gasteiger partial charge in [-0.1, -0.05) is 12.1 Å². The quantitative estimate of drug-likeness (QED) is 0.553. The number of methoxy groups -OCH3 is 1. The van der Waals surface area contributed by atoms with E-state index in [0.29, 0.717) is 5.82 Å². The Morgan fingerprint density at radius 2 is 1.64 bits per heavy atom. The van der Waals surface area contributed by atoms with Crippen LogP contribution in [0.25, 0.3) is 0 Å². The van der Waals surface area contributed by atoms with Crippen LogP contribution in [0, 0.1) is 0 Å². The highest BCUT2D eigenvalue weighted by molar-refractivity contribution is 5.88. The largest absolute Gasteiger partial charge is 0.497 e. The molecule has 0 atom stereocenters. The molecular formula is C21H23N5O2. The van der Waals surface area contributed by atoms with Gasteiger partial charge in [0.2, 0.25) is 5.91 Å². The molecule has 0 radical (unpaired) electrons. The molecular weight excluding hydrogens is 354 g/mol. The summed E-state index contributed by atoms with van der Waals surface area (Å²) in [5.41, 5.74) is 2.85. The van der Waals surface area contributed by atoms with Crippen LogP contribution < -0.4 is 20.7 Å². The van der Waals surface area contributed by atoms with E-state index in [1.54, 1.807) is 7.11 Å². The van der Waals surface area contributed by atoms with Crippen molar-refractivity contribution in [3.63, 3.8) is 0 Å². The summed E-state index contributed by atoms with van der Waals surface area (Å²) in [5, 5.41) is 9.28. The third-order valence-corrected chi connectivity index (χ3v) is 4.02. The molecule has 0 saturated carbocycles. The molecule has 3 aromatic rings. The number of hydrogen-bond acceptors (Lipinski definition) is 6. The van der Waals surface area contributed by atoms with Gasteiger partial charge in [0.15, 0.2) is 0 Å². The lowest BCUT2D eigenvalue weighted by molar-refractivity contribution is -0.114. The van der Waals surface area contributed by atoms with Crippen LogP contribution in [0.15, 0.2) is 60.9 Å². The second-order valence-electron chi connectivity index (χ2n) is 6.20. The van der Waals surface area contributed by atoms with Gasteiger partial charge in [-0.15, -0.1) is 0 Å². The lowest BCUT2D eigenvalue weighted by Crippen LogP contribution is -2.07. The molecule has 1 heterocycles. The molecule has 0 aliphatic heterocycles. The van der Waals surface area contributed by atoms with E-state index in [4.69, 9.17) is 4.74 Å². The molecule has 0 aliphatic carbocycles. The Morgan fingerprint density at radius 3 is 2.32 bits per heavy atom. The lowest BCUT2D eigenvalue weighted by Gasteiger charge is -2.10. The van der Waals surface area contributed by atoms with E-state index in [2.05, 4.69) is 38.1 Å². The van der Waals surface area contributed by atoms with Gasteiger partial charge in [0, 0.05) is 30.9 Å². The number of amides is 1. The van der Waals surface area contributed by atoms with Gasteiger partial charge in [-0.25, -0.2) is 9.97 Å². The lowest BCUT2D eigenvalue weighted by atomic mass is 10.1. The number of ether oxygens (including phenoxy) is 1. The van der Waals surface area contributed by atoms with Crippen molar-refractivity contribution in [3.8, 4) is 5.75 Å². The Hall–Kier alpha value is -3.61. The molecule has 0 spiro atoms. The normalized spacial score (nSPS) is 10.2. The summed E-state index contributed by atoms with van der Waals surface area (Å²) in [6.07, 6.45) is 2.39. The standard InChI is InChI=1S/C21H23N5O2/c1-15(27)25-17-5-7-18(8-6-17)26-21-13-20(23-14-24-21)22-12-11-16-3-9-19(28-2)10-4-16/h3-10,13-14H,11-12H2,1-2H3,(H,25,27)(H2,22,23,24,26). The summed E-state index contributed by atoms with van der Waals surface area (Å²) < 4.78 is 5.17. The molecule has 0 fully saturated rings. The van der Waals surface area contributed by atoms with E-state index in [0.717, 1.165) is 35.9 Å². The number of anilines is 4. The predicted molar refractivity (Wildman–Crippen MR) is 111 cm³/mol. The topological polar surface area (TPSA) is 88.2 Å². The molecule has 2 aromatic carbocycles. The fourth-order valence-electron chi connectivity index (χ4n) is 2.64. The van der Waals surface area contributed by atoms with E-state index >= 15 is 0 Å². The minimum Gasteiger partial charge on any atom is -0.497 e. The molecule has 3 N–H and O–H groups in total. The molecule has 1 amide bonds. The number of carbonyl (C=O) groups is 1. The fraction of sp³-hybridized carbons (Fsp3) is 0.190. The van der Waals surface area contributed by atoms with Crippen molar-refractivity contribution in [2.45, 2.75) is 13.3 Å². The van der Waals surface area contributed by atoms with E-state index < -0.39 is 0 Å². The zero-order valence-electron chi connectivity index (χ0n) is 15.9. The summed E-state index contributed by atoms with van der Waals surface area (Å²) in [4.78, 5) is 19.6. The summed E-state index contributed by atoms with van der Waals surface area (Å²) >= 11 is 0. The predicted octanol–water partition coefficient (Wildman–Crippen LogP) is 3.84. The van der Waals surface area contributed by atoms with Gasteiger partial charge in [-0.2, -0.15) is 0 Å². The maximum atomic E-state index is 11.1. The first-order chi connectivity index (χ1) is 13.6.